The number of anilines is 3. The summed E-state index contributed by atoms with van der Waals surface area (Å²) in [5.41, 5.74) is 4.87. The molecule has 0 spiro atoms. The van der Waals surface area contributed by atoms with Gasteiger partial charge in [0.25, 0.3) is 0 Å². The number of aromatic nitrogens is 4. The van der Waals surface area contributed by atoms with Crippen LogP contribution in [0.15, 0.2) is 61.1 Å². The number of nitrogens with zero attached hydrogens (tertiary/aromatic N) is 6. The highest BCUT2D eigenvalue weighted by Crippen LogP contribution is 2.30. The van der Waals surface area contributed by atoms with Gasteiger partial charge in [0, 0.05) is 49.9 Å². The smallest absolute Gasteiger partial charge is 0.245 e. The van der Waals surface area contributed by atoms with Crippen molar-refractivity contribution in [2.45, 2.75) is 0 Å². The fraction of sp³-hybridized carbons (Fsp3) is 0.261. The van der Waals surface area contributed by atoms with Crippen LogP contribution < -0.4 is 15.0 Å². The summed E-state index contributed by atoms with van der Waals surface area (Å²) in [6.07, 6.45) is 5.30. The Morgan fingerprint density at radius 3 is 2.52 bits per heavy atom. The zero-order valence-corrected chi connectivity index (χ0v) is 17.7. The van der Waals surface area contributed by atoms with Crippen LogP contribution in [0, 0.1) is 0 Å². The third-order valence-electron chi connectivity index (χ3n) is 5.67. The van der Waals surface area contributed by atoms with Crippen molar-refractivity contribution >= 4 is 22.8 Å². The third-order valence-corrected chi connectivity index (χ3v) is 5.67. The van der Waals surface area contributed by atoms with Crippen molar-refractivity contribution in [2.75, 3.05) is 50.6 Å². The molecule has 8 nitrogen and oxygen atoms in total. The second-order valence-corrected chi connectivity index (χ2v) is 7.68. The van der Waals surface area contributed by atoms with Crippen molar-refractivity contribution in [1.29, 1.82) is 0 Å². The number of hydrogen-bond acceptors (Lipinski definition) is 7. The fourth-order valence-corrected chi connectivity index (χ4v) is 3.86. The molecule has 0 aliphatic carbocycles. The van der Waals surface area contributed by atoms with Gasteiger partial charge in [-0.05, 0) is 49.5 Å². The Kier molecular flexibility index (Phi) is 5.13. The Morgan fingerprint density at radius 2 is 1.74 bits per heavy atom. The standard InChI is InChI=1S/C23H25N7O/c1-28-11-13-29(14-12-28)18-5-3-17(4-6-18)26-23-25-15-19-7-8-21(30(19)27-23)20-16-24-10-9-22(20)31-2/h3-10,15-16H,11-14H2,1-2H3,(H,26,27). The molecule has 4 aromatic rings. The van der Waals surface area contributed by atoms with Crippen molar-refractivity contribution in [1.82, 2.24) is 24.5 Å². The molecule has 0 atom stereocenters. The van der Waals surface area contributed by atoms with Crippen molar-refractivity contribution in [3.05, 3.63) is 61.1 Å². The number of hydrogen-bond donors (Lipinski definition) is 1. The van der Waals surface area contributed by atoms with Gasteiger partial charge in [-0.15, -0.1) is 5.10 Å². The fourth-order valence-electron chi connectivity index (χ4n) is 3.86. The van der Waals surface area contributed by atoms with E-state index in [1.807, 2.05) is 22.7 Å². The number of fused-ring (bicyclic) bond motifs is 1. The summed E-state index contributed by atoms with van der Waals surface area (Å²) >= 11 is 0. The topological polar surface area (TPSA) is 70.8 Å². The number of rotatable bonds is 5. The summed E-state index contributed by atoms with van der Waals surface area (Å²) in [6.45, 7) is 4.29. The zero-order chi connectivity index (χ0) is 21.2. The average molecular weight is 416 g/mol. The predicted octanol–water partition coefficient (Wildman–Crippen LogP) is 3.30. The molecule has 8 heteroatoms. The van der Waals surface area contributed by atoms with E-state index in [0.29, 0.717) is 5.95 Å². The number of nitrogens with one attached hydrogen (secondary N) is 1. The summed E-state index contributed by atoms with van der Waals surface area (Å²) in [7, 11) is 3.82. The second kappa shape index (κ2) is 8.23. The van der Waals surface area contributed by atoms with Crippen LogP contribution >= 0.6 is 0 Å². The Labute approximate surface area is 181 Å². The highest BCUT2D eigenvalue weighted by atomic mass is 16.5. The predicted molar refractivity (Wildman–Crippen MR) is 122 cm³/mol. The van der Waals surface area contributed by atoms with Gasteiger partial charge in [0.2, 0.25) is 5.95 Å². The van der Waals surface area contributed by atoms with E-state index in [1.54, 1.807) is 25.7 Å². The zero-order valence-electron chi connectivity index (χ0n) is 17.7. The molecule has 1 aromatic carbocycles. The molecular formula is C23H25N7O. The highest BCUT2D eigenvalue weighted by Gasteiger charge is 2.15. The molecule has 1 aliphatic heterocycles. The van der Waals surface area contributed by atoms with Crippen molar-refractivity contribution in [2.24, 2.45) is 0 Å². The van der Waals surface area contributed by atoms with Gasteiger partial charge in [0.1, 0.15) is 5.75 Å². The number of benzene rings is 1. The van der Waals surface area contributed by atoms with Gasteiger partial charge in [0.05, 0.1) is 30.1 Å². The molecule has 0 unspecified atom stereocenters. The second-order valence-electron chi connectivity index (χ2n) is 7.68. The number of pyridine rings is 1. The van der Waals surface area contributed by atoms with Crippen LogP contribution in [0.2, 0.25) is 0 Å². The highest BCUT2D eigenvalue weighted by molar-refractivity contribution is 5.71. The molecule has 0 bridgehead atoms. The number of methoxy groups -OCH3 is 1. The van der Waals surface area contributed by atoms with Gasteiger partial charge in [-0.1, -0.05) is 0 Å². The molecule has 4 heterocycles. The lowest BCUT2D eigenvalue weighted by Gasteiger charge is -2.34. The first-order chi connectivity index (χ1) is 15.2. The number of likely N-dealkylation sites (N-methyl/N-ethyl adjacent to an activating group) is 1. The molecule has 3 aromatic heterocycles. The summed E-state index contributed by atoms with van der Waals surface area (Å²) in [5.74, 6) is 1.28. The minimum Gasteiger partial charge on any atom is -0.496 e. The molecule has 0 amide bonds. The van der Waals surface area contributed by atoms with Gasteiger partial charge < -0.3 is 19.9 Å². The molecule has 1 saturated heterocycles. The van der Waals surface area contributed by atoms with Gasteiger partial charge in [-0.25, -0.2) is 9.50 Å². The van der Waals surface area contributed by atoms with Crippen LogP contribution in [-0.2, 0) is 0 Å². The van der Waals surface area contributed by atoms with E-state index in [4.69, 9.17) is 9.84 Å². The Bertz CT molecular complexity index is 1180. The van der Waals surface area contributed by atoms with Gasteiger partial charge in [0.15, 0.2) is 0 Å². The van der Waals surface area contributed by atoms with E-state index < -0.39 is 0 Å². The Hall–Kier alpha value is -3.65. The maximum atomic E-state index is 5.49. The normalized spacial score (nSPS) is 14.7. The first kappa shape index (κ1) is 19.3. The van der Waals surface area contributed by atoms with Crippen LogP contribution in [0.3, 0.4) is 0 Å². The van der Waals surface area contributed by atoms with Crippen LogP contribution in [-0.4, -0.2) is 64.8 Å². The van der Waals surface area contributed by atoms with Gasteiger partial charge >= 0.3 is 0 Å². The molecule has 5 rings (SSSR count). The Morgan fingerprint density at radius 1 is 0.935 bits per heavy atom. The van der Waals surface area contributed by atoms with E-state index in [9.17, 15) is 0 Å². The largest absolute Gasteiger partial charge is 0.496 e. The van der Waals surface area contributed by atoms with E-state index >= 15 is 0 Å². The third kappa shape index (κ3) is 3.89. The van der Waals surface area contributed by atoms with Crippen LogP contribution in [0.5, 0.6) is 5.75 Å². The first-order valence-corrected chi connectivity index (χ1v) is 10.3. The minimum atomic E-state index is 0.528. The molecule has 1 N–H and O–H groups in total. The van der Waals surface area contributed by atoms with E-state index in [-0.39, 0.29) is 0 Å². The minimum absolute atomic E-state index is 0.528. The Balaban J connectivity index is 1.38. The van der Waals surface area contributed by atoms with Crippen molar-refractivity contribution in [3.63, 3.8) is 0 Å². The molecule has 1 fully saturated rings. The van der Waals surface area contributed by atoms with Crippen molar-refractivity contribution < 1.29 is 4.74 Å². The van der Waals surface area contributed by atoms with Crippen LogP contribution in [0.25, 0.3) is 16.8 Å². The first-order valence-electron chi connectivity index (χ1n) is 10.3. The van der Waals surface area contributed by atoms with E-state index in [1.165, 1.54) is 5.69 Å². The summed E-state index contributed by atoms with van der Waals surface area (Å²) in [6, 6.07) is 14.3. The molecular weight excluding hydrogens is 390 g/mol. The van der Waals surface area contributed by atoms with Gasteiger partial charge in [-0.2, -0.15) is 0 Å². The maximum Gasteiger partial charge on any atom is 0.245 e. The van der Waals surface area contributed by atoms with Crippen LogP contribution in [0.4, 0.5) is 17.3 Å². The summed E-state index contributed by atoms with van der Waals surface area (Å²) < 4.78 is 7.35. The van der Waals surface area contributed by atoms with E-state index in [0.717, 1.165) is 54.4 Å². The average Bonchev–Trinajstić information content (AvgIpc) is 3.23. The summed E-state index contributed by atoms with van der Waals surface area (Å²) in [5, 5.41) is 8.01. The molecule has 0 radical (unpaired) electrons. The quantitative estimate of drug-likeness (QED) is 0.536. The number of piperazine rings is 1. The molecule has 1 aliphatic rings. The maximum absolute atomic E-state index is 5.49. The van der Waals surface area contributed by atoms with Crippen LogP contribution in [0.1, 0.15) is 0 Å². The lowest BCUT2D eigenvalue weighted by Crippen LogP contribution is -2.44. The lowest BCUT2D eigenvalue weighted by molar-refractivity contribution is 0.313. The molecule has 0 saturated carbocycles. The van der Waals surface area contributed by atoms with Gasteiger partial charge in [-0.3, -0.25) is 4.98 Å². The number of ether oxygens (including phenoxy) is 1. The monoisotopic (exact) mass is 415 g/mol. The lowest BCUT2D eigenvalue weighted by atomic mass is 10.2. The summed E-state index contributed by atoms with van der Waals surface area (Å²) in [4.78, 5) is 13.5. The molecule has 158 valence electrons. The van der Waals surface area contributed by atoms with E-state index in [2.05, 4.69) is 56.4 Å². The van der Waals surface area contributed by atoms with Crippen molar-refractivity contribution in [3.8, 4) is 17.0 Å². The molecule has 31 heavy (non-hydrogen) atoms. The SMILES string of the molecule is COc1ccncc1-c1ccc2cnc(Nc3ccc(N4CCN(C)CC4)cc3)nn12.